The van der Waals surface area contributed by atoms with Crippen molar-refractivity contribution >= 4 is 59.5 Å². The molecule has 0 bridgehead atoms. The SMILES string of the molecule is C=C(COC(C)=O)c1cccc(F)c1.CCC(=O)N=NC=O.CCOC(=O)[C@@H]1C[C@@]1(COC(C)=O)c1cccc(F)c1.CCOC(=O)[C@H]1C[C@@]1(COC(C)=O)c1cccc(F)c1.C[C@H]1COC(C(C)(C)C2=N[C@@H](C(C)(C)C)CO2)=N1. The third-order valence-electron chi connectivity index (χ3n) is 12.9. The Morgan fingerprint density at radius 2 is 1.12 bits per heavy atom. The summed E-state index contributed by atoms with van der Waals surface area (Å²) >= 11 is 0. The van der Waals surface area contributed by atoms with Crippen LogP contribution in [0.25, 0.3) is 5.57 Å². The first-order valence-corrected chi connectivity index (χ1v) is 26.1. The molecule has 2 aliphatic carbocycles. The largest absolute Gasteiger partial charge is 0.478 e. The highest BCUT2D eigenvalue weighted by Crippen LogP contribution is 2.56. The molecule has 21 heteroatoms. The number of azo groups is 1. The molecule has 3 aromatic rings. The number of hydrogen-bond acceptors (Lipinski definition) is 16. The summed E-state index contributed by atoms with van der Waals surface area (Å²) in [4.78, 5) is 85.1. The Morgan fingerprint density at radius 3 is 1.50 bits per heavy atom. The second-order valence-corrected chi connectivity index (χ2v) is 20.7. The van der Waals surface area contributed by atoms with Crippen LogP contribution in [0, 0.1) is 40.1 Å². The predicted octanol–water partition coefficient (Wildman–Crippen LogP) is 10.0. The highest BCUT2D eigenvalue weighted by molar-refractivity contribution is 6.05. The van der Waals surface area contributed by atoms with Crippen LogP contribution in [-0.4, -0.2) is 112 Å². The summed E-state index contributed by atoms with van der Waals surface area (Å²) in [5, 5.41) is 5.82. The van der Waals surface area contributed by atoms with Crippen molar-refractivity contribution in [3.8, 4) is 0 Å². The van der Waals surface area contributed by atoms with Gasteiger partial charge in [0, 0.05) is 38.0 Å². The van der Waals surface area contributed by atoms with Gasteiger partial charge in [-0.05, 0) is 112 Å². The molecule has 2 fully saturated rings. The highest BCUT2D eigenvalue weighted by Gasteiger charge is 2.62. The fourth-order valence-corrected chi connectivity index (χ4v) is 8.10. The van der Waals surface area contributed by atoms with Crippen molar-refractivity contribution in [3.63, 3.8) is 0 Å². The summed E-state index contributed by atoms with van der Waals surface area (Å²) < 4.78 is 75.8. The Labute approximate surface area is 465 Å². The van der Waals surface area contributed by atoms with Gasteiger partial charge in [-0.2, -0.15) is 0 Å². The Hall–Kier alpha value is -7.58. The standard InChI is InChI=1S/2C15H17FO4.C14H24N2O2.C11H11FO2.C4H6N2O2/c2*1-3-19-14(18)13-8-15(13,9-20-10(2)17)11-5-4-6-12(16)7-11;1-9-7-17-11(15-9)14(5,6)12-16-10(8-18-12)13(2,3)4;1-8(7-14-9(2)13)10-4-3-5-11(12)6-10;1-2-4(8)6-5-3-7/h2*4-7,13H,3,8-9H2,1-2H3;9-10H,7-8H2,1-6H3;3-6H,1,7H2,2H3;3H,2H2,1H3/t13-,15+;13-,15-;9-,10+;;/m010../s1. The van der Waals surface area contributed by atoms with Crippen molar-refractivity contribution in [1.82, 2.24) is 0 Å². The molecule has 0 spiro atoms. The molecular formula is C59H75F3N4O14. The van der Waals surface area contributed by atoms with E-state index >= 15 is 0 Å². The van der Waals surface area contributed by atoms with E-state index in [0.29, 0.717) is 61.5 Å². The zero-order valence-electron chi connectivity index (χ0n) is 47.7. The first-order chi connectivity index (χ1) is 37.6. The van der Waals surface area contributed by atoms with Crippen LogP contribution in [-0.2, 0) is 77.5 Å². The minimum absolute atomic E-state index is 0.0647. The maximum Gasteiger partial charge on any atom is 0.309 e. The molecule has 0 N–H and O–H groups in total. The molecule has 4 aliphatic rings. The van der Waals surface area contributed by atoms with Gasteiger partial charge in [0.1, 0.15) is 55.9 Å². The van der Waals surface area contributed by atoms with E-state index in [1.54, 1.807) is 57.2 Å². The molecule has 0 saturated heterocycles. The van der Waals surface area contributed by atoms with Crippen LogP contribution >= 0.6 is 0 Å². The maximum absolute atomic E-state index is 13.4. The van der Waals surface area contributed by atoms with Crippen LogP contribution < -0.4 is 0 Å². The molecule has 0 radical (unpaired) electrons. The topological polar surface area (TPSA) is 234 Å². The Balaban J connectivity index is 0.000000270. The van der Waals surface area contributed by atoms with Gasteiger partial charge in [0.15, 0.2) is 11.8 Å². The lowest BCUT2D eigenvalue weighted by atomic mass is 9.88. The average molecular weight is 1120 g/mol. The Morgan fingerprint density at radius 1 is 0.675 bits per heavy atom. The molecule has 7 rings (SSSR count). The van der Waals surface area contributed by atoms with E-state index in [4.69, 9.17) is 38.2 Å². The molecule has 80 heavy (non-hydrogen) atoms. The molecule has 3 aromatic carbocycles. The molecule has 2 aliphatic heterocycles. The van der Waals surface area contributed by atoms with Crippen molar-refractivity contribution in [3.05, 3.63) is 114 Å². The second-order valence-electron chi connectivity index (χ2n) is 20.7. The average Bonchev–Trinajstić information content (AvgIpc) is 4.22. The smallest absolute Gasteiger partial charge is 0.309 e. The van der Waals surface area contributed by atoms with E-state index < -0.39 is 22.8 Å². The monoisotopic (exact) mass is 1120 g/mol. The van der Waals surface area contributed by atoms with Gasteiger partial charge >= 0.3 is 29.8 Å². The van der Waals surface area contributed by atoms with Crippen LogP contribution in [0.2, 0.25) is 0 Å². The van der Waals surface area contributed by atoms with Gasteiger partial charge in [-0.1, -0.05) is 70.7 Å². The molecule has 6 atom stereocenters. The van der Waals surface area contributed by atoms with Crippen molar-refractivity contribution in [2.45, 2.75) is 125 Å². The minimum atomic E-state index is -0.653. The first-order valence-electron chi connectivity index (χ1n) is 26.1. The van der Waals surface area contributed by atoms with Crippen molar-refractivity contribution < 1.29 is 79.9 Å². The van der Waals surface area contributed by atoms with Crippen LogP contribution in [0.5, 0.6) is 0 Å². The summed E-state index contributed by atoms with van der Waals surface area (Å²) in [6.07, 6.45) is 1.52. The Bertz CT molecular complexity index is 2660. The number of hydrogen-bond donors (Lipinski definition) is 0. The van der Waals surface area contributed by atoms with Crippen molar-refractivity contribution in [2.75, 3.05) is 46.2 Å². The van der Waals surface area contributed by atoms with Crippen molar-refractivity contribution in [2.24, 2.45) is 42.9 Å². The summed E-state index contributed by atoms with van der Waals surface area (Å²) in [6.45, 7) is 27.6. The molecular weight excluding hydrogens is 1050 g/mol. The first kappa shape index (κ1) is 66.7. The van der Waals surface area contributed by atoms with Gasteiger partial charge in [0.05, 0.1) is 37.1 Å². The lowest BCUT2D eigenvalue weighted by molar-refractivity contribution is -0.147. The normalized spacial score (nSPS) is 21.1. The summed E-state index contributed by atoms with van der Waals surface area (Å²) in [5.41, 5.74) is 1.02. The minimum Gasteiger partial charge on any atom is -0.478 e. The van der Waals surface area contributed by atoms with E-state index in [1.165, 1.54) is 57.2 Å². The molecule has 2 heterocycles. The number of amides is 2. The number of nitrogens with zero attached hydrogens (tertiary/aromatic N) is 4. The fourth-order valence-electron chi connectivity index (χ4n) is 8.10. The zero-order chi connectivity index (χ0) is 60.0. The number of esters is 5. The summed E-state index contributed by atoms with van der Waals surface area (Å²) in [6, 6.07) is 18.5. The van der Waals surface area contributed by atoms with E-state index in [9.17, 15) is 46.7 Å². The number of benzene rings is 3. The number of ether oxygens (including phenoxy) is 7. The van der Waals surface area contributed by atoms with Gasteiger partial charge in [-0.25, -0.2) is 23.2 Å². The van der Waals surface area contributed by atoms with Crippen LogP contribution in [0.1, 0.15) is 119 Å². The van der Waals surface area contributed by atoms with Crippen LogP contribution in [0.15, 0.2) is 99.6 Å². The highest BCUT2D eigenvalue weighted by atomic mass is 19.1. The number of aliphatic imine (C=N–C) groups is 2. The quantitative estimate of drug-likeness (QED) is 0.0530. The molecule has 2 saturated carbocycles. The van der Waals surface area contributed by atoms with E-state index in [2.05, 4.69) is 63.3 Å². The number of carbonyl (C=O) groups excluding carboxylic acids is 7. The molecule has 0 aromatic heterocycles. The number of carbonyl (C=O) groups is 7. The third kappa shape index (κ3) is 20.3. The Kier molecular flexibility index (Phi) is 25.6. The van der Waals surface area contributed by atoms with E-state index in [0.717, 1.165) is 11.8 Å². The van der Waals surface area contributed by atoms with Gasteiger partial charge in [0.2, 0.25) is 0 Å². The van der Waals surface area contributed by atoms with Gasteiger partial charge < -0.3 is 33.2 Å². The zero-order valence-corrected chi connectivity index (χ0v) is 47.7. The lowest BCUT2D eigenvalue weighted by Gasteiger charge is -2.23. The van der Waals surface area contributed by atoms with Crippen molar-refractivity contribution in [1.29, 1.82) is 0 Å². The molecule has 0 unspecified atom stereocenters. The molecule has 18 nitrogen and oxygen atoms in total. The predicted molar refractivity (Wildman–Crippen MR) is 290 cm³/mol. The summed E-state index contributed by atoms with van der Waals surface area (Å²) in [7, 11) is 0. The van der Waals surface area contributed by atoms with E-state index in [-0.39, 0.29) is 109 Å². The van der Waals surface area contributed by atoms with Crippen LogP contribution in [0.4, 0.5) is 13.2 Å². The fraction of sp³-hybridized carbons (Fsp3) is 0.508. The third-order valence-corrected chi connectivity index (χ3v) is 12.9. The van der Waals surface area contributed by atoms with E-state index in [1.807, 2.05) is 0 Å². The summed E-state index contributed by atoms with van der Waals surface area (Å²) in [5.74, 6) is -2.59. The van der Waals surface area contributed by atoms with Crippen LogP contribution in [0.3, 0.4) is 0 Å². The second kappa shape index (κ2) is 30.7. The number of halogens is 3. The van der Waals surface area contributed by atoms with Gasteiger partial charge in [-0.15, -0.1) is 10.2 Å². The molecule has 2 amide bonds. The van der Waals surface area contributed by atoms with Gasteiger partial charge in [-0.3, -0.25) is 33.6 Å². The maximum atomic E-state index is 13.4. The van der Waals surface area contributed by atoms with Gasteiger partial charge in [0.25, 0.3) is 12.3 Å². The number of rotatable bonds is 17. The lowest BCUT2D eigenvalue weighted by Crippen LogP contribution is -2.34. The molecule has 436 valence electrons.